The number of hydrogen-bond acceptors (Lipinski definition) is 4. The first-order chi connectivity index (χ1) is 10.6. The molecule has 4 nitrogen and oxygen atoms in total. The molecular formula is C15H9BrCl2N2O2. The molecule has 0 unspecified atom stereocenters. The van der Waals surface area contributed by atoms with Crippen LogP contribution in [-0.4, -0.2) is 10.2 Å². The van der Waals surface area contributed by atoms with Gasteiger partial charge in [-0.15, -0.1) is 10.2 Å². The quantitative estimate of drug-likeness (QED) is 0.590. The summed E-state index contributed by atoms with van der Waals surface area (Å²) in [6, 6.07) is 12.6. The molecule has 3 aromatic rings. The van der Waals surface area contributed by atoms with Gasteiger partial charge in [0, 0.05) is 16.1 Å². The van der Waals surface area contributed by atoms with Crippen LogP contribution < -0.4 is 4.74 Å². The van der Waals surface area contributed by atoms with E-state index in [4.69, 9.17) is 32.4 Å². The van der Waals surface area contributed by atoms with Gasteiger partial charge in [0.25, 0.3) is 5.89 Å². The second-order valence-electron chi connectivity index (χ2n) is 4.37. The van der Waals surface area contributed by atoms with E-state index in [1.807, 2.05) is 24.3 Å². The molecule has 7 heteroatoms. The molecule has 2 aromatic carbocycles. The van der Waals surface area contributed by atoms with Crippen LogP contribution in [0.15, 0.2) is 51.4 Å². The fourth-order valence-electron chi connectivity index (χ4n) is 1.73. The highest BCUT2D eigenvalue weighted by atomic mass is 79.9. The zero-order chi connectivity index (χ0) is 15.5. The average Bonchev–Trinajstić information content (AvgIpc) is 2.98. The molecule has 0 atom stereocenters. The highest BCUT2D eigenvalue weighted by Gasteiger charge is 2.09. The van der Waals surface area contributed by atoms with Crippen molar-refractivity contribution >= 4 is 39.1 Å². The SMILES string of the molecule is Clc1ccc(OCc2nnc(-c3ccc(Br)cc3)o2)cc1Cl. The molecule has 0 bridgehead atoms. The first-order valence-corrected chi connectivity index (χ1v) is 7.83. The van der Waals surface area contributed by atoms with E-state index < -0.39 is 0 Å². The molecule has 0 aliphatic rings. The fraction of sp³-hybridized carbons (Fsp3) is 0.0667. The van der Waals surface area contributed by atoms with E-state index in [0.717, 1.165) is 10.0 Å². The van der Waals surface area contributed by atoms with Crippen molar-refractivity contribution in [1.29, 1.82) is 0 Å². The van der Waals surface area contributed by atoms with Gasteiger partial charge in [0.05, 0.1) is 10.0 Å². The summed E-state index contributed by atoms with van der Waals surface area (Å²) in [7, 11) is 0. The highest BCUT2D eigenvalue weighted by Crippen LogP contribution is 2.27. The van der Waals surface area contributed by atoms with Crippen molar-refractivity contribution in [2.75, 3.05) is 0 Å². The van der Waals surface area contributed by atoms with E-state index in [-0.39, 0.29) is 6.61 Å². The second kappa shape index (κ2) is 6.69. The summed E-state index contributed by atoms with van der Waals surface area (Å²) < 4.78 is 12.1. The molecule has 3 rings (SSSR count). The van der Waals surface area contributed by atoms with E-state index in [1.165, 1.54) is 0 Å². The standard InChI is InChI=1S/C15H9BrCl2N2O2/c16-10-3-1-9(2-4-10)15-20-19-14(22-15)8-21-11-5-6-12(17)13(18)7-11/h1-7H,8H2. The molecular weight excluding hydrogens is 391 g/mol. The third kappa shape index (κ3) is 3.61. The summed E-state index contributed by atoms with van der Waals surface area (Å²) in [6.07, 6.45) is 0. The van der Waals surface area contributed by atoms with Crippen LogP contribution in [-0.2, 0) is 6.61 Å². The molecule has 1 heterocycles. The minimum Gasteiger partial charge on any atom is -0.484 e. The van der Waals surface area contributed by atoms with Gasteiger partial charge in [-0.05, 0) is 36.4 Å². The molecule has 0 radical (unpaired) electrons. The molecule has 1 aromatic heterocycles. The second-order valence-corrected chi connectivity index (χ2v) is 6.10. The first-order valence-electron chi connectivity index (χ1n) is 6.28. The van der Waals surface area contributed by atoms with Crippen LogP contribution in [0.25, 0.3) is 11.5 Å². The van der Waals surface area contributed by atoms with Crippen LogP contribution in [0.1, 0.15) is 5.89 Å². The Bertz CT molecular complexity index is 790. The average molecular weight is 400 g/mol. The Morgan fingerprint density at radius 1 is 1.00 bits per heavy atom. The zero-order valence-corrected chi connectivity index (χ0v) is 14.2. The molecule has 112 valence electrons. The Morgan fingerprint density at radius 3 is 2.50 bits per heavy atom. The monoisotopic (exact) mass is 398 g/mol. The Balaban J connectivity index is 1.69. The Kier molecular flexibility index (Phi) is 4.66. The lowest BCUT2D eigenvalue weighted by Gasteiger charge is -2.04. The molecule has 0 aliphatic carbocycles. The largest absolute Gasteiger partial charge is 0.484 e. The predicted octanol–water partition coefficient (Wildman–Crippen LogP) is 5.38. The fourth-order valence-corrected chi connectivity index (χ4v) is 2.29. The third-order valence-corrected chi connectivity index (χ3v) is 4.08. The normalized spacial score (nSPS) is 10.7. The Hall–Kier alpha value is -1.56. The molecule has 0 N–H and O–H groups in total. The van der Waals surface area contributed by atoms with Crippen molar-refractivity contribution in [3.63, 3.8) is 0 Å². The summed E-state index contributed by atoms with van der Waals surface area (Å²) in [5.74, 6) is 1.40. The third-order valence-electron chi connectivity index (χ3n) is 2.81. The Morgan fingerprint density at radius 2 is 1.77 bits per heavy atom. The summed E-state index contributed by atoms with van der Waals surface area (Å²) in [5.41, 5.74) is 0.844. The van der Waals surface area contributed by atoms with Crippen molar-refractivity contribution in [3.05, 3.63) is 62.9 Å². The van der Waals surface area contributed by atoms with Gasteiger partial charge < -0.3 is 9.15 Å². The lowest BCUT2D eigenvalue weighted by molar-refractivity contribution is 0.264. The minimum absolute atomic E-state index is 0.154. The smallest absolute Gasteiger partial charge is 0.254 e. The van der Waals surface area contributed by atoms with Gasteiger partial charge in [0.1, 0.15) is 5.75 Å². The van der Waals surface area contributed by atoms with Crippen molar-refractivity contribution in [1.82, 2.24) is 10.2 Å². The molecule has 0 fully saturated rings. The summed E-state index contributed by atoms with van der Waals surface area (Å²) in [4.78, 5) is 0. The van der Waals surface area contributed by atoms with Crippen LogP contribution in [0.4, 0.5) is 0 Å². The van der Waals surface area contributed by atoms with E-state index in [0.29, 0.717) is 27.6 Å². The number of nitrogens with zero attached hydrogens (tertiary/aromatic N) is 2. The maximum atomic E-state index is 5.93. The number of benzene rings is 2. The number of aromatic nitrogens is 2. The Labute approximate surface area is 145 Å². The lowest BCUT2D eigenvalue weighted by Crippen LogP contribution is -1.95. The molecule has 0 saturated heterocycles. The highest BCUT2D eigenvalue weighted by molar-refractivity contribution is 9.10. The van der Waals surface area contributed by atoms with Crippen LogP contribution in [0, 0.1) is 0 Å². The zero-order valence-electron chi connectivity index (χ0n) is 11.1. The number of rotatable bonds is 4. The molecule has 0 amide bonds. The maximum Gasteiger partial charge on any atom is 0.254 e. The summed E-state index contributed by atoms with van der Waals surface area (Å²) in [6.45, 7) is 0.154. The lowest BCUT2D eigenvalue weighted by atomic mass is 10.2. The molecule has 22 heavy (non-hydrogen) atoms. The van der Waals surface area contributed by atoms with Gasteiger partial charge >= 0.3 is 0 Å². The molecule has 0 aliphatic heterocycles. The van der Waals surface area contributed by atoms with E-state index in [1.54, 1.807) is 18.2 Å². The van der Waals surface area contributed by atoms with E-state index in [9.17, 15) is 0 Å². The predicted molar refractivity (Wildman–Crippen MR) is 88.2 cm³/mol. The van der Waals surface area contributed by atoms with E-state index in [2.05, 4.69) is 26.1 Å². The number of halogens is 3. The van der Waals surface area contributed by atoms with Crippen LogP contribution >= 0.6 is 39.1 Å². The van der Waals surface area contributed by atoms with Crippen molar-refractivity contribution in [3.8, 4) is 17.2 Å². The maximum absolute atomic E-state index is 5.93. The van der Waals surface area contributed by atoms with Gasteiger partial charge in [-0.2, -0.15) is 0 Å². The van der Waals surface area contributed by atoms with Gasteiger partial charge in [0.2, 0.25) is 5.89 Å². The number of ether oxygens (including phenoxy) is 1. The van der Waals surface area contributed by atoms with Gasteiger partial charge in [0.15, 0.2) is 6.61 Å². The molecule has 0 saturated carbocycles. The molecule has 0 spiro atoms. The van der Waals surface area contributed by atoms with Gasteiger partial charge in [-0.25, -0.2) is 0 Å². The van der Waals surface area contributed by atoms with Crippen LogP contribution in [0.2, 0.25) is 10.0 Å². The van der Waals surface area contributed by atoms with Crippen molar-refractivity contribution < 1.29 is 9.15 Å². The minimum atomic E-state index is 0.154. The van der Waals surface area contributed by atoms with Gasteiger partial charge in [-0.3, -0.25) is 0 Å². The van der Waals surface area contributed by atoms with Gasteiger partial charge in [-0.1, -0.05) is 39.1 Å². The first kappa shape index (κ1) is 15.3. The summed E-state index contributed by atoms with van der Waals surface area (Å²) in [5, 5.41) is 8.87. The van der Waals surface area contributed by atoms with E-state index >= 15 is 0 Å². The van der Waals surface area contributed by atoms with Crippen LogP contribution in [0.3, 0.4) is 0 Å². The van der Waals surface area contributed by atoms with Crippen LogP contribution in [0.5, 0.6) is 5.75 Å². The van der Waals surface area contributed by atoms with Crippen molar-refractivity contribution in [2.24, 2.45) is 0 Å². The topological polar surface area (TPSA) is 48.2 Å². The summed E-state index contributed by atoms with van der Waals surface area (Å²) >= 11 is 15.2. The number of hydrogen-bond donors (Lipinski definition) is 0. The van der Waals surface area contributed by atoms with Crippen molar-refractivity contribution in [2.45, 2.75) is 6.61 Å².